The number of thioether (sulfide) groups is 1. The first-order valence-electron chi connectivity index (χ1n) is 11.0. The van der Waals surface area contributed by atoms with Gasteiger partial charge < -0.3 is 4.98 Å². The Bertz CT molecular complexity index is 1530. The Labute approximate surface area is 200 Å². The summed E-state index contributed by atoms with van der Waals surface area (Å²) in [5, 5.41) is 3.08. The first-order chi connectivity index (χ1) is 16.7. The van der Waals surface area contributed by atoms with Crippen molar-refractivity contribution in [3.05, 3.63) is 102 Å². The average molecular weight is 465 g/mol. The molecule has 34 heavy (non-hydrogen) atoms. The zero-order chi connectivity index (χ0) is 23.1. The van der Waals surface area contributed by atoms with Gasteiger partial charge in [0, 0.05) is 21.9 Å². The number of hydrogen-bond donors (Lipinski definition) is 2. The third kappa shape index (κ3) is 3.50. The molecule has 6 rings (SSSR count). The predicted molar refractivity (Wildman–Crippen MR) is 135 cm³/mol. The highest BCUT2D eigenvalue weighted by Crippen LogP contribution is 2.37. The zero-order valence-electron chi connectivity index (χ0n) is 18.1. The minimum Gasteiger partial charge on any atom is -0.353 e. The van der Waals surface area contributed by atoms with Gasteiger partial charge in [0.05, 0.1) is 17.0 Å². The molecule has 5 aromatic rings. The Morgan fingerprint density at radius 2 is 1.65 bits per heavy atom. The van der Waals surface area contributed by atoms with Crippen molar-refractivity contribution in [1.29, 1.82) is 0 Å². The predicted octanol–water partition coefficient (Wildman–Crippen LogP) is 5.30. The quantitative estimate of drug-likeness (QED) is 0.378. The van der Waals surface area contributed by atoms with E-state index in [1.807, 2.05) is 84.9 Å². The molecule has 3 aromatic carbocycles. The van der Waals surface area contributed by atoms with Gasteiger partial charge in [-0.25, -0.2) is 9.99 Å². The Kier molecular flexibility index (Phi) is 5.04. The van der Waals surface area contributed by atoms with Crippen LogP contribution in [0.2, 0.25) is 0 Å². The molecular formula is C27H20N4O2S. The molecule has 1 atom stereocenters. The van der Waals surface area contributed by atoms with Gasteiger partial charge in [-0.3, -0.25) is 15.0 Å². The van der Waals surface area contributed by atoms with Crippen molar-refractivity contribution in [3.8, 4) is 11.3 Å². The summed E-state index contributed by atoms with van der Waals surface area (Å²) in [6.07, 6.45) is 0. The summed E-state index contributed by atoms with van der Waals surface area (Å²) < 4.78 is 0. The molecule has 0 aliphatic carbocycles. The summed E-state index contributed by atoms with van der Waals surface area (Å²) in [4.78, 5) is 34.2. The molecule has 2 amide bonds. The number of H-pyrrole nitrogens is 1. The Balaban J connectivity index is 1.43. The Hall–Kier alpha value is -4.10. The lowest BCUT2D eigenvalue weighted by Crippen LogP contribution is -2.44. The van der Waals surface area contributed by atoms with E-state index in [-0.39, 0.29) is 17.0 Å². The Morgan fingerprint density at radius 1 is 0.941 bits per heavy atom. The lowest BCUT2D eigenvalue weighted by Gasteiger charge is -2.24. The number of hydrogen-bond acceptors (Lipinski definition) is 4. The summed E-state index contributed by atoms with van der Waals surface area (Å²) in [7, 11) is 0. The average Bonchev–Trinajstić information content (AvgIpc) is 3.44. The van der Waals surface area contributed by atoms with Crippen molar-refractivity contribution in [1.82, 2.24) is 20.4 Å². The van der Waals surface area contributed by atoms with Crippen LogP contribution in [0.4, 0.5) is 0 Å². The van der Waals surface area contributed by atoms with Gasteiger partial charge in [0.1, 0.15) is 11.1 Å². The molecule has 1 unspecified atom stereocenters. The van der Waals surface area contributed by atoms with Crippen molar-refractivity contribution in [2.24, 2.45) is 0 Å². The third-order valence-electron chi connectivity index (χ3n) is 5.95. The minimum atomic E-state index is -0.416. The molecule has 2 aromatic heterocycles. The molecule has 1 aliphatic heterocycles. The summed E-state index contributed by atoms with van der Waals surface area (Å²) in [5.41, 5.74) is 7.50. The number of aromatic amines is 1. The maximum absolute atomic E-state index is 13.4. The number of nitrogens with zero attached hydrogens (tertiary/aromatic N) is 2. The highest BCUT2D eigenvalue weighted by atomic mass is 32.2. The van der Waals surface area contributed by atoms with E-state index in [0.717, 1.165) is 32.9 Å². The number of amides is 2. The van der Waals surface area contributed by atoms with E-state index in [2.05, 4.69) is 10.4 Å². The number of hydrazine groups is 1. The van der Waals surface area contributed by atoms with E-state index in [0.29, 0.717) is 11.4 Å². The molecule has 7 heteroatoms. The van der Waals surface area contributed by atoms with Gasteiger partial charge in [-0.1, -0.05) is 78.9 Å². The molecule has 2 N–H and O–H groups in total. The molecular weight excluding hydrogens is 444 g/mol. The number of aromatic nitrogens is 2. The molecule has 0 radical (unpaired) electrons. The largest absolute Gasteiger partial charge is 0.353 e. The van der Waals surface area contributed by atoms with Crippen molar-refractivity contribution in [3.63, 3.8) is 0 Å². The minimum absolute atomic E-state index is 0.136. The summed E-state index contributed by atoms with van der Waals surface area (Å²) in [6.45, 7) is 0. The number of fused-ring (bicyclic) bond motifs is 3. The van der Waals surface area contributed by atoms with Crippen LogP contribution in [0.3, 0.4) is 0 Å². The number of para-hydroxylation sites is 1. The van der Waals surface area contributed by atoms with Crippen LogP contribution < -0.4 is 5.43 Å². The molecule has 1 saturated heterocycles. The highest BCUT2D eigenvalue weighted by Gasteiger charge is 2.34. The van der Waals surface area contributed by atoms with E-state index < -0.39 is 5.91 Å². The number of carbonyl (C=O) groups excluding carboxylic acids is 2. The van der Waals surface area contributed by atoms with E-state index in [4.69, 9.17) is 4.98 Å². The van der Waals surface area contributed by atoms with Crippen LogP contribution in [-0.2, 0) is 4.79 Å². The van der Waals surface area contributed by atoms with E-state index in [1.165, 1.54) is 16.8 Å². The fraction of sp³-hybridized carbons (Fsp3) is 0.0741. The maximum Gasteiger partial charge on any atom is 0.288 e. The topological polar surface area (TPSA) is 78.1 Å². The van der Waals surface area contributed by atoms with Gasteiger partial charge in [-0.05, 0) is 17.7 Å². The Morgan fingerprint density at radius 3 is 2.44 bits per heavy atom. The van der Waals surface area contributed by atoms with Crippen molar-refractivity contribution < 1.29 is 9.59 Å². The van der Waals surface area contributed by atoms with Gasteiger partial charge in [-0.2, -0.15) is 0 Å². The van der Waals surface area contributed by atoms with E-state index >= 15 is 0 Å². The number of pyridine rings is 1. The standard InChI is InChI=1S/C27H20N4O2S/c32-23-16-34-27(18-11-5-2-6-12-18)31(23)30-26(33)22-15-20-19-13-7-8-14-21(19)28-25(20)24(29-22)17-9-3-1-4-10-17/h1-15,27-28H,16H2,(H,30,33). The third-order valence-corrected chi connectivity index (χ3v) is 7.16. The molecule has 1 aliphatic rings. The van der Waals surface area contributed by atoms with E-state index in [1.54, 1.807) is 6.07 Å². The molecule has 1 fully saturated rings. The second-order valence-corrected chi connectivity index (χ2v) is 9.16. The number of carbonyl (C=O) groups is 2. The first-order valence-corrected chi connectivity index (χ1v) is 12.0. The van der Waals surface area contributed by atoms with Gasteiger partial charge in [-0.15, -0.1) is 11.8 Å². The van der Waals surface area contributed by atoms with Crippen molar-refractivity contribution in [2.45, 2.75) is 5.37 Å². The van der Waals surface area contributed by atoms with Crippen LogP contribution in [0.25, 0.3) is 33.1 Å². The first kappa shape index (κ1) is 20.5. The lowest BCUT2D eigenvalue weighted by molar-refractivity contribution is -0.130. The monoisotopic (exact) mass is 464 g/mol. The zero-order valence-corrected chi connectivity index (χ0v) is 18.9. The number of nitrogens with one attached hydrogen (secondary N) is 2. The van der Waals surface area contributed by atoms with Gasteiger partial charge in [0.2, 0.25) is 0 Å². The second-order valence-electron chi connectivity index (χ2n) is 8.09. The molecule has 0 saturated carbocycles. The number of benzene rings is 3. The molecule has 3 heterocycles. The summed E-state index contributed by atoms with van der Waals surface area (Å²) in [6, 6.07) is 29.3. The van der Waals surface area contributed by atoms with Crippen molar-refractivity contribution >= 4 is 45.4 Å². The van der Waals surface area contributed by atoms with Crippen LogP contribution in [0.15, 0.2) is 91.0 Å². The van der Waals surface area contributed by atoms with Crippen LogP contribution in [0.1, 0.15) is 21.4 Å². The second kappa shape index (κ2) is 8.35. The van der Waals surface area contributed by atoms with Crippen molar-refractivity contribution in [2.75, 3.05) is 5.75 Å². The van der Waals surface area contributed by atoms with E-state index in [9.17, 15) is 9.59 Å². The summed E-state index contributed by atoms with van der Waals surface area (Å²) >= 11 is 1.49. The van der Waals surface area contributed by atoms with Gasteiger partial charge in [0.15, 0.2) is 0 Å². The highest BCUT2D eigenvalue weighted by molar-refractivity contribution is 8.00. The molecule has 6 nitrogen and oxygen atoms in total. The van der Waals surface area contributed by atoms with Crippen LogP contribution >= 0.6 is 11.8 Å². The smallest absolute Gasteiger partial charge is 0.288 e. The summed E-state index contributed by atoms with van der Waals surface area (Å²) in [5.74, 6) is -0.242. The number of rotatable bonds is 4. The van der Waals surface area contributed by atoms with Crippen LogP contribution in [-0.4, -0.2) is 32.5 Å². The van der Waals surface area contributed by atoms with Crippen LogP contribution in [0.5, 0.6) is 0 Å². The molecule has 0 bridgehead atoms. The normalized spacial score (nSPS) is 15.8. The van der Waals surface area contributed by atoms with Crippen LogP contribution in [0, 0.1) is 0 Å². The van der Waals surface area contributed by atoms with Gasteiger partial charge in [0.25, 0.3) is 11.8 Å². The SMILES string of the molecule is O=C(NN1C(=O)CSC1c1ccccc1)c1cc2c([nH]c3ccccc32)c(-c2ccccc2)n1. The lowest BCUT2D eigenvalue weighted by atomic mass is 10.1. The van der Waals surface area contributed by atoms with Gasteiger partial charge >= 0.3 is 0 Å². The fourth-order valence-electron chi connectivity index (χ4n) is 4.34. The molecule has 166 valence electrons. The molecule has 0 spiro atoms. The maximum atomic E-state index is 13.4. The fourth-order valence-corrected chi connectivity index (χ4v) is 5.45.